The van der Waals surface area contributed by atoms with Crippen molar-refractivity contribution in [1.82, 2.24) is 0 Å². The Morgan fingerprint density at radius 1 is 1.29 bits per heavy atom. The number of ether oxygens (including phenoxy) is 1. The van der Waals surface area contributed by atoms with Crippen LogP contribution in [0.2, 0.25) is 0 Å². The normalized spacial score (nSPS) is 13.2. The fourth-order valence-corrected chi connectivity index (χ4v) is 2.75. The van der Waals surface area contributed by atoms with Crippen LogP contribution < -0.4 is 10.1 Å². The number of hydrogen-bond donors (Lipinski definition) is 1. The first-order valence-electron chi connectivity index (χ1n) is 5.34. The predicted molar refractivity (Wildman–Crippen MR) is 68.3 cm³/mol. The van der Waals surface area contributed by atoms with Crippen LogP contribution in [-0.4, -0.2) is 5.91 Å². The van der Waals surface area contributed by atoms with Gasteiger partial charge in [-0.3, -0.25) is 4.79 Å². The number of fused-ring (bicyclic) bond motifs is 2. The van der Waals surface area contributed by atoms with Gasteiger partial charge >= 0.3 is 0 Å². The minimum atomic E-state index is -0.103. The number of rotatable bonds is 0. The topological polar surface area (TPSA) is 38.3 Å². The molecule has 86 valence electrons. The van der Waals surface area contributed by atoms with Gasteiger partial charge in [0.1, 0.15) is 0 Å². The van der Waals surface area contributed by atoms with E-state index in [1.54, 1.807) is 0 Å². The number of carbonyl (C=O) groups is 1. The molecule has 1 aromatic heterocycles. The third-order valence-corrected chi connectivity index (χ3v) is 3.65. The Morgan fingerprint density at radius 3 is 2.94 bits per heavy atom. The van der Waals surface area contributed by atoms with Gasteiger partial charge in [0.25, 0.3) is 5.91 Å². The van der Waals surface area contributed by atoms with E-state index in [1.165, 1.54) is 11.3 Å². The summed E-state index contributed by atoms with van der Waals surface area (Å²) in [7, 11) is 0. The van der Waals surface area contributed by atoms with E-state index < -0.39 is 0 Å². The number of para-hydroxylation sites is 1. The molecule has 0 aliphatic carbocycles. The molecule has 0 spiro atoms. The van der Waals surface area contributed by atoms with Gasteiger partial charge in [0.05, 0.1) is 11.3 Å². The minimum Gasteiger partial charge on any atom is -0.443 e. The molecule has 1 N–H and O–H groups in total. The molecular formula is C13H11NO2S. The second-order valence-corrected chi connectivity index (χ2v) is 5.28. The zero-order valence-electron chi connectivity index (χ0n) is 9.53. The van der Waals surface area contributed by atoms with Crippen molar-refractivity contribution >= 4 is 22.9 Å². The third-order valence-electron chi connectivity index (χ3n) is 2.72. The second kappa shape index (κ2) is 3.60. The van der Waals surface area contributed by atoms with Crippen LogP contribution in [0.15, 0.2) is 24.3 Å². The van der Waals surface area contributed by atoms with Gasteiger partial charge < -0.3 is 10.1 Å². The highest BCUT2D eigenvalue weighted by atomic mass is 32.1. The van der Waals surface area contributed by atoms with E-state index in [0.29, 0.717) is 10.6 Å². The summed E-state index contributed by atoms with van der Waals surface area (Å²) in [5.74, 6) is 0.634. The summed E-state index contributed by atoms with van der Waals surface area (Å²) in [6.45, 7) is 3.94. The number of amides is 1. The molecule has 0 fully saturated rings. The van der Waals surface area contributed by atoms with Gasteiger partial charge in [0, 0.05) is 4.88 Å². The maximum Gasteiger partial charge on any atom is 0.260 e. The summed E-state index contributed by atoms with van der Waals surface area (Å²) in [6.07, 6.45) is 0. The summed E-state index contributed by atoms with van der Waals surface area (Å²) in [5.41, 5.74) is 2.36. The molecule has 4 heteroatoms. The van der Waals surface area contributed by atoms with Gasteiger partial charge in [0.2, 0.25) is 0 Å². The van der Waals surface area contributed by atoms with Crippen LogP contribution in [-0.2, 0) is 0 Å². The highest BCUT2D eigenvalue weighted by molar-refractivity contribution is 7.14. The van der Waals surface area contributed by atoms with Gasteiger partial charge in [-0.05, 0) is 31.5 Å². The lowest BCUT2D eigenvalue weighted by molar-refractivity contribution is 0.102. The lowest BCUT2D eigenvalue weighted by Gasteiger charge is -2.09. The minimum absolute atomic E-state index is 0.103. The first kappa shape index (κ1) is 10.4. The zero-order valence-corrected chi connectivity index (χ0v) is 10.4. The Labute approximate surface area is 103 Å². The molecule has 1 aromatic carbocycles. The molecule has 1 aliphatic heterocycles. The maximum absolute atomic E-state index is 12.0. The Hall–Kier alpha value is -1.81. The van der Waals surface area contributed by atoms with Crippen LogP contribution in [0.1, 0.15) is 20.8 Å². The van der Waals surface area contributed by atoms with Crippen LogP contribution in [0, 0.1) is 13.8 Å². The Balaban J connectivity index is 2.20. The highest BCUT2D eigenvalue weighted by Crippen LogP contribution is 2.41. The van der Waals surface area contributed by atoms with Gasteiger partial charge in [-0.2, -0.15) is 0 Å². The van der Waals surface area contributed by atoms with Crippen molar-refractivity contribution in [2.45, 2.75) is 13.8 Å². The molecule has 1 amide bonds. The smallest absolute Gasteiger partial charge is 0.260 e. The van der Waals surface area contributed by atoms with Crippen LogP contribution in [0.5, 0.6) is 10.8 Å². The molecule has 0 unspecified atom stereocenters. The Bertz CT molecular complexity index is 616. The monoisotopic (exact) mass is 245 g/mol. The quantitative estimate of drug-likeness (QED) is 0.768. The summed E-state index contributed by atoms with van der Waals surface area (Å²) in [5, 5.41) is 3.55. The van der Waals surface area contributed by atoms with Crippen molar-refractivity contribution in [3.8, 4) is 10.8 Å². The van der Waals surface area contributed by atoms with E-state index in [-0.39, 0.29) is 5.91 Å². The molecule has 17 heavy (non-hydrogen) atoms. The molecule has 2 heterocycles. The molecule has 2 aromatic rings. The van der Waals surface area contributed by atoms with Crippen molar-refractivity contribution in [2.75, 3.05) is 5.32 Å². The van der Waals surface area contributed by atoms with Gasteiger partial charge in [0.15, 0.2) is 10.8 Å². The number of carbonyl (C=O) groups excluding carboxylic acids is 1. The molecular weight excluding hydrogens is 234 g/mol. The van der Waals surface area contributed by atoms with E-state index in [1.807, 2.05) is 38.1 Å². The molecule has 1 aliphatic rings. The lowest BCUT2D eigenvalue weighted by atomic mass is 10.2. The first-order valence-corrected chi connectivity index (χ1v) is 6.16. The van der Waals surface area contributed by atoms with Gasteiger partial charge in [-0.25, -0.2) is 0 Å². The summed E-state index contributed by atoms with van der Waals surface area (Å²) >= 11 is 1.50. The molecule has 3 rings (SSSR count). The van der Waals surface area contributed by atoms with Crippen molar-refractivity contribution in [2.24, 2.45) is 0 Å². The van der Waals surface area contributed by atoms with Crippen molar-refractivity contribution in [1.29, 1.82) is 0 Å². The van der Waals surface area contributed by atoms with Crippen molar-refractivity contribution in [3.05, 3.63) is 40.3 Å². The SMILES string of the molecule is Cc1cc2c(s1)Oc1c(C)cccc1NC2=O. The summed E-state index contributed by atoms with van der Waals surface area (Å²) in [4.78, 5) is 13.1. The van der Waals surface area contributed by atoms with Crippen LogP contribution in [0.25, 0.3) is 0 Å². The molecule has 0 atom stereocenters. The fourth-order valence-electron chi connectivity index (χ4n) is 1.90. The molecule has 0 bridgehead atoms. The van der Waals surface area contributed by atoms with Gasteiger partial charge in [-0.15, -0.1) is 11.3 Å². The standard InChI is InChI=1S/C13H11NO2S/c1-7-4-3-5-10-11(7)16-13-9(12(15)14-10)6-8(2)17-13/h3-6H,1-2H3,(H,14,15). The Kier molecular flexibility index (Phi) is 2.19. The zero-order chi connectivity index (χ0) is 12.0. The number of aryl methyl sites for hydroxylation is 2. The number of thiophene rings is 1. The second-order valence-electron chi connectivity index (χ2n) is 4.07. The molecule has 0 saturated heterocycles. The van der Waals surface area contributed by atoms with Crippen LogP contribution >= 0.6 is 11.3 Å². The van der Waals surface area contributed by atoms with Crippen molar-refractivity contribution < 1.29 is 9.53 Å². The van der Waals surface area contributed by atoms with Crippen molar-refractivity contribution in [3.63, 3.8) is 0 Å². The van der Waals surface area contributed by atoms with E-state index in [2.05, 4.69) is 5.32 Å². The highest BCUT2D eigenvalue weighted by Gasteiger charge is 2.23. The van der Waals surface area contributed by atoms with E-state index in [0.717, 1.165) is 21.9 Å². The molecule has 3 nitrogen and oxygen atoms in total. The van der Waals surface area contributed by atoms with Gasteiger partial charge in [-0.1, -0.05) is 12.1 Å². The van der Waals surface area contributed by atoms with E-state index in [9.17, 15) is 4.79 Å². The predicted octanol–water partition coefficient (Wildman–Crippen LogP) is 3.72. The molecule has 0 radical (unpaired) electrons. The number of hydrogen-bond acceptors (Lipinski definition) is 3. The van der Waals surface area contributed by atoms with E-state index in [4.69, 9.17) is 4.74 Å². The number of anilines is 1. The van der Waals surface area contributed by atoms with E-state index >= 15 is 0 Å². The first-order chi connectivity index (χ1) is 8.15. The maximum atomic E-state index is 12.0. The number of nitrogens with one attached hydrogen (secondary N) is 1. The lowest BCUT2D eigenvalue weighted by Crippen LogP contribution is -2.09. The number of benzene rings is 1. The average molecular weight is 245 g/mol. The molecule has 0 saturated carbocycles. The summed E-state index contributed by atoms with van der Waals surface area (Å²) < 4.78 is 5.86. The fraction of sp³-hybridized carbons (Fsp3) is 0.154. The van der Waals surface area contributed by atoms with Crippen LogP contribution in [0.3, 0.4) is 0 Å². The summed E-state index contributed by atoms with van der Waals surface area (Å²) in [6, 6.07) is 7.58. The van der Waals surface area contributed by atoms with Crippen LogP contribution in [0.4, 0.5) is 5.69 Å². The third kappa shape index (κ3) is 1.61. The largest absolute Gasteiger partial charge is 0.443 e. The average Bonchev–Trinajstić information content (AvgIpc) is 2.59. The Morgan fingerprint density at radius 2 is 2.12 bits per heavy atom.